The molecule has 0 aliphatic carbocycles. The van der Waals surface area contributed by atoms with Crippen LogP contribution in [0.25, 0.3) is 0 Å². The number of rotatable bonds is 3. The van der Waals surface area contributed by atoms with Gasteiger partial charge in [0.15, 0.2) is 11.6 Å². The molecule has 0 saturated heterocycles. The molecule has 0 aliphatic rings. The highest BCUT2D eigenvalue weighted by atomic mass is 32.2. The van der Waals surface area contributed by atoms with E-state index in [1.165, 1.54) is 0 Å². The topological polar surface area (TPSA) is 69.4 Å². The first kappa shape index (κ1) is 12.0. The predicted molar refractivity (Wildman–Crippen MR) is 44.2 cm³/mol. The third kappa shape index (κ3) is 3.18. The summed E-state index contributed by atoms with van der Waals surface area (Å²) in [5.74, 6) is -3.92. The van der Waals surface area contributed by atoms with Gasteiger partial charge in [0.05, 0.1) is 12.2 Å². The van der Waals surface area contributed by atoms with E-state index in [-0.39, 0.29) is 0 Å². The van der Waals surface area contributed by atoms with E-state index in [1.54, 1.807) is 0 Å². The van der Waals surface area contributed by atoms with Crippen LogP contribution < -0.4 is 5.14 Å². The molecule has 1 aromatic rings. The highest BCUT2D eigenvalue weighted by molar-refractivity contribution is 7.84. The average Bonchev–Trinajstić information content (AvgIpc) is 2.10. The second-order valence-electron chi connectivity index (χ2n) is 2.58. The fraction of sp³-hybridized carbons (Fsp3) is 0.143. The van der Waals surface area contributed by atoms with Crippen LogP contribution in [0.3, 0.4) is 0 Å². The Labute approximate surface area is 83.7 Å². The molecule has 84 valence electrons. The van der Waals surface area contributed by atoms with Crippen LogP contribution in [0.2, 0.25) is 0 Å². The largest absolute Gasteiger partial charge is 0.333 e. The van der Waals surface area contributed by atoms with Gasteiger partial charge in [0, 0.05) is 0 Å². The molecule has 0 unspecified atom stereocenters. The molecule has 0 heterocycles. The fourth-order valence-electron chi connectivity index (χ4n) is 0.842. The zero-order valence-corrected chi connectivity index (χ0v) is 8.02. The van der Waals surface area contributed by atoms with Gasteiger partial charge in [-0.1, -0.05) is 0 Å². The molecule has 0 aromatic heterocycles. The minimum Gasteiger partial charge on any atom is -0.253 e. The zero-order valence-electron chi connectivity index (χ0n) is 7.21. The maximum atomic E-state index is 12.9. The lowest BCUT2D eigenvalue weighted by Crippen LogP contribution is -2.16. The summed E-state index contributed by atoms with van der Waals surface area (Å²) >= 11 is 0. The Morgan fingerprint density at radius 3 is 2.27 bits per heavy atom. The van der Waals surface area contributed by atoms with Gasteiger partial charge in [-0.05, 0) is 12.1 Å². The molecule has 0 spiro atoms. The van der Waals surface area contributed by atoms with Crippen molar-refractivity contribution in [2.24, 2.45) is 5.14 Å². The summed E-state index contributed by atoms with van der Waals surface area (Å²) in [6.45, 7) is -0.992. The smallest absolute Gasteiger partial charge is 0.253 e. The maximum absolute atomic E-state index is 12.9. The lowest BCUT2D eigenvalue weighted by atomic mass is 10.2. The van der Waals surface area contributed by atoms with Crippen molar-refractivity contribution in [1.29, 1.82) is 0 Å². The summed E-state index contributed by atoms with van der Waals surface area (Å²) in [4.78, 5) is 0. The molecule has 0 bridgehead atoms. The van der Waals surface area contributed by atoms with Crippen molar-refractivity contribution in [3.8, 4) is 0 Å². The van der Waals surface area contributed by atoms with Gasteiger partial charge in [0.25, 0.3) is 0 Å². The van der Waals surface area contributed by atoms with E-state index in [1.807, 2.05) is 0 Å². The van der Waals surface area contributed by atoms with E-state index in [2.05, 4.69) is 9.32 Å². The second kappa shape index (κ2) is 4.17. The molecule has 0 radical (unpaired) electrons. The molecular formula is C7H6F3NO3S. The molecular weight excluding hydrogens is 235 g/mol. The Morgan fingerprint density at radius 2 is 1.73 bits per heavy atom. The quantitative estimate of drug-likeness (QED) is 0.796. The number of benzene rings is 1. The molecule has 8 heteroatoms. The standard InChI is InChI=1S/C7H6F3NO3S/c8-5-1-2-6(9)7(10)4(5)3-14-15(11,12)13/h1-2H,3H2,(H2,11,12,13). The first-order valence-electron chi connectivity index (χ1n) is 3.61. The number of halogens is 3. The summed E-state index contributed by atoms with van der Waals surface area (Å²) in [6.07, 6.45) is 0. The van der Waals surface area contributed by atoms with E-state index >= 15 is 0 Å². The third-order valence-corrected chi connectivity index (χ3v) is 1.95. The zero-order chi connectivity index (χ0) is 11.6. The summed E-state index contributed by atoms with van der Waals surface area (Å²) in [5, 5.41) is 4.43. The van der Waals surface area contributed by atoms with E-state index in [0.717, 1.165) is 0 Å². The van der Waals surface area contributed by atoms with Gasteiger partial charge >= 0.3 is 10.3 Å². The van der Waals surface area contributed by atoms with E-state index in [4.69, 9.17) is 0 Å². The second-order valence-corrected chi connectivity index (χ2v) is 3.80. The van der Waals surface area contributed by atoms with Crippen LogP contribution in [0.1, 0.15) is 5.56 Å². The van der Waals surface area contributed by atoms with Crippen LogP contribution in [0, 0.1) is 17.5 Å². The SMILES string of the molecule is NS(=O)(=O)OCc1c(F)ccc(F)c1F. The monoisotopic (exact) mass is 241 g/mol. The van der Waals surface area contributed by atoms with Gasteiger partial charge in [-0.2, -0.15) is 8.42 Å². The van der Waals surface area contributed by atoms with E-state index in [9.17, 15) is 21.6 Å². The molecule has 15 heavy (non-hydrogen) atoms. The minimum absolute atomic E-state index is 0.575. The van der Waals surface area contributed by atoms with Gasteiger partial charge in [0.1, 0.15) is 5.82 Å². The Morgan fingerprint density at radius 1 is 1.20 bits per heavy atom. The molecule has 2 N–H and O–H groups in total. The summed E-state index contributed by atoms with van der Waals surface area (Å²) in [5.41, 5.74) is -0.830. The highest BCUT2D eigenvalue weighted by Gasteiger charge is 2.15. The minimum atomic E-state index is -4.32. The first-order chi connectivity index (χ1) is 6.81. The predicted octanol–water partition coefficient (Wildman–Crippen LogP) is 0.824. The van der Waals surface area contributed by atoms with Crippen LogP contribution in [-0.4, -0.2) is 8.42 Å². The lowest BCUT2D eigenvalue weighted by Gasteiger charge is -2.04. The van der Waals surface area contributed by atoms with Crippen molar-refractivity contribution in [1.82, 2.24) is 0 Å². The van der Waals surface area contributed by atoms with Crippen molar-refractivity contribution in [2.75, 3.05) is 0 Å². The van der Waals surface area contributed by atoms with Crippen molar-refractivity contribution >= 4 is 10.3 Å². The van der Waals surface area contributed by atoms with Crippen LogP contribution in [0.4, 0.5) is 13.2 Å². The maximum Gasteiger partial charge on any atom is 0.333 e. The fourth-order valence-corrected chi connectivity index (χ4v) is 1.12. The van der Waals surface area contributed by atoms with E-state index in [0.29, 0.717) is 12.1 Å². The molecule has 0 atom stereocenters. The van der Waals surface area contributed by atoms with Gasteiger partial charge in [-0.15, -0.1) is 0 Å². The van der Waals surface area contributed by atoms with Gasteiger partial charge < -0.3 is 0 Å². The number of hydrogen-bond acceptors (Lipinski definition) is 3. The van der Waals surface area contributed by atoms with E-state index < -0.39 is 39.9 Å². The lowest BCUT2D eigenvalue weighted by molar-refractivity contribution is 0.293. The van der Waals surface area contributed by atoms with Crippen LogP contribution in [0.5, 0.6) is 0 Å². The van der Waals surface area contributed by atoms with Crippen molar-refractivity contribution in [2.45, 2.75) is 6.61 Å². The third-order valence-electron chi connectivity index (χ3n) is 1.51. The molecule has 1 aromatic carbocycles. The van der Waals surface area contributed by atoms with Crippen molar-refractivity contribution in [3.63, 3.8) is 0 Å². The van der Waals surface area contributed by atoms with Gasteiger partial charge in [-0.25, -0.2) is 18.3 Å². The Balaban J connectivity index is 2.99. The molecule has 1 rings (SSSR count). The highest BCUT2D eigenvalue weighted by Crippen LogP contribution is 2.16. The van der Waals surface area contributed by atoms with Crippen LogP contribution >= 0.6 is 0 Å². The Kier molecular flexibility index (Phi) is 3.32. The molecule has 0 aliphatic heterocycles. The molecule has 4 nitrogen and oxygen atoms in total. The Hall–Kier alpha value is -1.12. The van der Waals surface area contributed by atoms with Gasteiger partial charge in [-0.3, -0.25) is 4.18 Å². The van der Waals surface area contributed by atoms with Crippen LogP contribution in [-0.2, 0) is 21.1 Å². The Bertz CT molecular complexity index is 475. The van der Waals surface area contributed by atoms with Crippen molar-refractivity contribution < 1.29 is 25.8 Å². The van der Waals surface area contributed by atoms with Gasteiger partial charge in [0.2, 0.25) is 0 Å². The van der Waals surface area contributed by atoms with Crippen molar-refractivity contribution in [3.05, 3.63) is 35.1 Å². The first-order valence-corrected chi connectivity index (χ1v) is 5.08. The number of hydrogen-bond donors (Lipinski definition) is 1. The molecule has 0 saturated carbocycles. The summed E-state index contributed by atoms with van der Waals surface area (Å²) in [7, 11) is -4.32. The summed E-state index contributed by atoms with van der Waals surface area (Å²) in [6, 6.07) is 1.23. The average molecular weight is 241 g/mol. The number of nitrogens with two attached hydrogens (primary N) is 1. The molecule has 0 amide bonds. The normalized spacial score (nSPS) is 11.7. The summed E-state index contributed by atoms with van der Waals surface area (Å²) < 4.78 is 63.0. The van der Waals surface area contributed by atoms with Crippen LogP contribution in [0.15, 0.2) is 12.1 Å². The molecule has 0 fully saturated rings.